The van der Waals surface area contributed by atoms with Gasteiger partial charge in [0.25, 0.3) is 0 Å². The lowest BCUT2D eigenvalue weighted by Crippen LogP contribution is -2.36. The van der Waals surface area contributed by atoms with Gasteiger partial charge in [-0.2, -0.15) is 0 Å². The van der Waals surface area contributed by atoms with Crippen molar-refractivity contribution in [1.29, 1.82) is 0 Å². The van der Waals surface area contributed by atoms with Gasteiger partial charge in [-0.3, -0.25) is 9.59 Å². The first kappa shape index (κ1) is 42.8. The van der Waals surface area contributed by atoms with E-state index in [1.807, 2.05) is 0 Å². The van der Waals surface area contributed by atoms with E-state index in [1.54, 1.807) is 7.11 Å². The Balaban J connectivity index is 4.52. The molecule has 0 saturated heterocycles. The third-order valence-corrected chi connectivity index (χ3v) is 8.21. The lowest BCUT2D eigenvalue weighted by molar-refractivity contribution is -0.144. The first-order valence-electron chi connectivity index (χ1n) is 18.7. The molecule has 0 fully saturated rings. The van der Waals surface area contributed by atoms with E-state index < -0.39 is 0 Å². The van der Waals surface area contributed by atoms with Gasteiger partial charge in [0.2, 0.25) is 0 Å². The number of hydrogen-bond donors (Lipinski definition) is 0. The van der Waals surface area contributed by atoms with E-state index >= 15 is 0 Å². The SMILES string of the molecule is CCCCCCCOC(=O)CCCCCN(CCCCCOC(=O)CCCCCCC)CC(CCCCCC)OCCOC. The van der Waals surface area contributed by atoms with Crippen LogP contribution in [-0.4, -0.2) is 76.1 Å². The molecule has 0 heterocycles. The summed E-state index contributed by atoms with van der Waals surface area (Å²) in [6.07, 6.45) is 25.0. The average molecular weight is 628 g/mol. The van der Waals surface area contributed by atoms with Crippen molar-refractivity contribution in [1.82, 2.24) is 4.90 Å². The van der Waals surface area contributed by atoms with Crippen molar-refractivity contribution in [3.05, 3.63) is 0 Å². The Hall–Kier alpha value is -1.18. The zero-order valence-electron chi connectivity index (χ0n) is 29.7. The second kappa shape index (κ2) is 34.7. The smallest absolute Gasteiger partial charge is 0.305 e. The Morgan fingerprint density at radius 2 is 0.977 bits per heavy atom. The lowest BCUT2D eigenvalue weighted by atomic mass is 10.1. The van der Waals surface area contributed by atoms with Gasteiger partial charge >= 0.3 is 11.9 Å². The highest BCUT2D eigenvalue weighted by molar-refractivity contribution is 5.69. The van der Waals surface area contributed by atoms with Crippen molar-refractivity contribution in [3.8, 4) is 0 Å². The number of methoxy groups -OCH3 is 1. The maximum atomic E-state index is 12.1. The van der Waals surface area contributed by atoms with E-state index in [1.165, 1.54) is 64.2 Å². The largest absolute Gasteiger partial charge is 0.466 e. The molecule has 7 nitrogen and oxygen atoms in total. The van der Waals surface area contributed by atoms with Crippen LogP contribution in [-0.2, 0) is 28.5 Å². The van der Waals surface area contributed by atoms with E-state index in [4.69, 9.17) is 18.9 Å². The first-order valence-corrected chi connectivity index (χ1v) is 18.7. The normalized spacial score (nSPS) is 12.1. The topological polar surface area (TPSA) is 74.3 Å². The lowest BCUT2D eigenvalue weighted by Gasteiger charge is -2.28. The summed E-state index contributed by atoms with van der Waals surface area (Å²) < 4.78 is 22.4. The van der Waals surface area contributed by atoms with E-state index in [-0.39, 0.29) is 18.0 Å². The van der Waals surface area contributed by atoms with Crippen LogP contribution in [0.25, 0.3) is 0 Å². The highest BCUT2D eigenvalue weighted by Gasteiger charge is 2.15. The van der Waals surface area contributed by atoms with E-state index in [2.05, 4.69) is 25.7 Å². The number of hydrogen-bond acceptors (Lipinski definition) is 7. The molecule has 1 unspecified atom stereocenters. The third-order valence-electron chi connectivity index (χ3n) is 8.21. The van der Waals surface area contributed by atoms with Crippen molar-refractivity contribution in [3.63, 3.8) is 0 Å². The van der Waals surface area contributed by atoms with Crippen LogP contribution in [0.4, 0.5) is 0 Å². The van der Waals surface area contributed by atoms with Crippen LogP contribution in [0, 0.1) is 0 Å². The molecule has 0 saturated carbocycles. The number of carbonyl (C=O) groups excluding carboxylic acids is 2. The van der Waals surface area contributed by atoms with Gasteiger partial charge < -0.3 is 23.8 Å². The molecule has 0 aliphatic heterocycles. The fraction of sp³-hybridized carbons (Fsp3) is 0.946. The second-order valence-corrected chi connectivity index (χ2v) is 12.5. The summed E-state index contributed by atoms with van der Waals surface area (Å²) in [7, 11) is 1.72. The van der Waals surface area contributed by atoms with Gasteiger partial charge in [-0.25, -0.2) is 0 Å². The monoisotopic (exact) mass is 628 g/mol. The highest BCUT2D eigenvalue weighted by Crippen LogP contribution is 2.13. The van der Waals surface area contributed by atoms with Crippen LogP contribution >= 0.6 is 0 Å². The third kappa shape index (κ3) is 30.8. The molecule has 44 heavy (non-hydrogen) atoms. The van der Waals surface area contributed by atoms with Crippen LogP contribution in [0.2, 0.25) is 0 Å². The average Bonchev–Trinajstić information content (AvgIpc) is 3.02. The van der Waals surface area contributed by atoms with Gasteiger partial charge in [0.15, 0.2) is 0 Å². The standard InChI is InChI=1S/C37H73NO6/c1-5-8-11-14-19-26-36(39)44-31-24-17-22-29-38(34-35(42-33-32-41-4)25-18-13-10-7-3)28-21-16-20-27-37(40)43-30-23-15-12-9-6-2/h35H,5-34H2,1-4H3. The number of carbonyl (C=O) groups is 2. The number of unbranched alkanes of at least 4 members (excludes halogenated alkanes) is 15. The molecule has 0 spiro atoms. The number of nitrogens with zero attached hydrogens (tertiary/aromatic N) is 1. The molecule has 0 aliphatic carbocycles. The molecular weight excluding hydrogens is 554 g/mol. The summed E-state index contributed by atoms with van der Waals surface area (Å²) in [5.41, 5.74) is 0. The minimum atomic E-state index is -0.0479. The Morgan fingerprint density at radius 3 is 1.50 bits per heavy atom. The second-order valence-electron chi connectivity index (χ2n) is 12.5. The predicted octanol–water partition coefficient (Wildman–Crippen LogP) is 9.44. The van der Waals surface area contributed by atoms with E-state index in [9.17, 15) is 9.59 Å². The summed E-state index contributed by atoms with van der Waals surface area (Å²) in [6.45, 7) is 12.0. The minimum absolute atomic E-state index is 0.0434. The summed E-state index contributed by atoms with van der Waals surface area (Å²) in [4.78, 5) is 26.7. The van der Waals surface area contributed by atoms with Crippen molar-refractivity contribution in [2.45, 2.75) is 175 Å². The molecule has 0 N–H and O–H groups in total. The predicted molar refractivity (Wildman–Crippen MR) is 183 cm³/mol. The maximum Gasteiger partial charge on any atom is 0.305 e. The van der Waals surface area contributed by atoms with Gasteiger partial charge in [0, 0.05) is 26.5 Å². The summed E-state index contributed by atoms with van der Waals surface area (Å²) in [6, 6.07) is 0. The van der Waals surface area contributed by atoms with Crippen LogP contribution in [0.15, 0.2) is 0 Å². The van der Waals surface area contributed by atoms with E-state index in [0.29, 0.717) is 39.3 Å². The molecule has 0 amide bonds. The molecule has 262 valence electrons. The van der Waals surface area contributed by atoms with Gasteiger partial charge in [-0.05, 0) is 64.5 Å². The van der Waals surface area contributed by atoms with Crippen molar-refractivity contribution >= 4 is 11.9 Å². The number of rotatable bonds is 35. The zero-order chi connectivity index (χ0) is 32.4. The molecule has 7 heteroatoms. The van der Waals surface area contributed by atoms with Crippen LogP contribution in [0.3, 0.4) is 0 Å². The molecule has 0 aromatic rings. The van der Waals surface area contributed by atoms with Crippen molar-refractivity contribution in [2.24, 2.45) is 0 Å². The molecule has 1 atom stereocenters. The van der Waals surface area contributed by atoms with Crippen LogP contribution in [0.1, 0.15) is 168 Å². The van der Waals surface area contributed by atoms with Crippen LogP contribution < -0.4 is 0 Å². The fourth-order valence-electron chi connectivity index (χ4n) is 5.40. The van der Waals surface area contributed by atoms with Crippen LogP contribution in [0.5, 0.6) is 0 Å². The molecule has 0 aliphatic rings. The minimum Gasteiger partial charge on any atom is -0.466 e. The number of ether oxygens (including phenoxy) is 4. The molecule has 0 aromatic heterocycles. The highest BCUT2D eigenvalue weighted by atomic mass is 16.5. The Bertz CT molecular complexity index is 617. The van der Waals surface area contributed by atoms with Gasteiger partial charge in [-0.15, -0.1) is 0 Å². The molecule has 0 aromatic carbocycles. The first-order chi connectivity index (χ1) is 21.6. The van der Waals surface area contributed by atoms with Crippen molar-refractivity contribution in [2.75, 3.05) is 53.2 Å². The summed E-state index contributed by atoms with van der Waals surface area (Å²) in [5, 5.41) is 0. The Morgan fingerprint density at radius 1 is 0.523 bits per heavy atom. The van der Waals surface area contributed by atoms with Gasteiger partial charge in [-0.1, -0.05) is 104 Å². The maximum absolute atomic E-state index is 12.1. The summed E-state index contributed by atoms with van der Waals surface area (Å²) in [5.74, 6) is -0.0914. The summed E-state index contributed by atoms with van der Waals surface area (Å²) >= 11 is 0. The van der Waals surface area contributed by atoms with Crippen molar-refractivity contribution < 1.29 is 28.5 Å². The Kier molecular flexibility index (Phi) is 33.8. The zero-order valence-corrected chi connectivity index (χ0v) is 29.7. The quantitative estimate of drug-likeness (QED) is 0.0512. The molecule has 0 bridgehead atoms. The fourth-order valence-corrected chi connectivity index (χ4v) is 5.40. The molecule has 0 radical (unpaired) electrons. The molecule has 0 rings (SSSR count). The van der Waals surface area contributed by atoms with Gasteiger partial charge in [0.1, 0.15) is 0 Å². The number of esters is 2. The van der Waals surface area contributed by atoms with Gasteiger partial charge in [0.05, 0.1) is 32.5 Å². The molecular formula is C37H73NO6. The van der Waals surface area contributed by atoms with E-state index in [0.717, 1.165) is 90.3 Å². The Labute approximate surface area is 272 Å².